The SMILES string of the molecule is O=C1C[C@@]2(C[C@@H]3C[C@H]2[C@H]2C(=O)OC(=O)[C@@H]32)C(=O)O1. The number of ether oxygens (including phenoxy) is 2. The predicted molar refractivity (Wildman–Crippen MR) is 52.4 cm³/mol. The fourth-order valence-corrected chi connectivity index (χ4v) is 4.46. The zero-order valence-corrected chi connectivity index (χ0v) is 9.38. The van der Waals surface area contributed by atoms with Crippen molar-refractivity contribution < 1.29 is 28.7 Å². The van der Waals surface area contributed by atoms with Crippen molar-refractivity contribution in [2.24, 2.45) is 29.1 Å². The summed E-state index contributed by atoms with van der Waals surface area (Å²) < 4.78 is 9.31. The molecule has 2 aliphatic heterocycles. The van der Waals surface area contributed by atoms with Crippen LogP contribution in [0.2, 0.25) is 0 Å². The van der Waals surface area contributed by atoms with Crippen molar-refractivity contribution in [3.8, 4) is 0 Å². The number of fused-ring (bicyclic) bond motifs is 6. The molecule has 0 aromatic carbocycles. The first-order valence-corrected chi connectivity index (χ1v) is 6.03. The summed E-state index contributed by atoms with van der Waals surface area (Å²) in [5.74, 6) is -3.31. The van der Waals surface area contributed by atoms with Gasteiger partial charge in [-0.3, -0.25) is 19.2 Å². The number of hydrogen-bond donors (Lipinski definition) is 0. The molecule has 2 saturated heterocycles. The van der Waals surface area contributed by atoms with Crippen LogP contribution in [0.25, 0.3) is 0 Å². The van der Waals surface area contributed by atoms with E-state index < -0.39 is 41.1 Å². The Balaban J connectivity index is 1.78. The number of rotatable bonds is 0. The van der Waals surface area contributed by atoms with Crippen LogP contribution in [-0.2, 0) is 28.7 Å². The van der Waals surface area contributed by atoms with Gasteiger partial charge in [0.05, 0.1) is 23.7 Å². The summed E-state index contributed by atoms with van der Waals surface area (Å²) in [4.78, 5) is 46.5. The highest BCUT2D eigenvalue weighted by Gasteiger charge is 2.72. The molecule has 4 aliphatic rings. The van der Waals surface area contributed by atoms with Crippen LogP contribution in [0.1, 0.15) is 19.3 Å². The van der Waals surface area contributed by atoms with Gasteiger partial charge in [0.25, 0.3) is 0 Å². The Morgan fingerprint density at radius 2 is 1.72 bits per heavy atom. The molecule has 0 aromatic rings. The lowest BCUT2D eigenvalue weighted by molar-refractivity contribution is -0.157. The van der Waals surface area contributed by atoms with Crippen LogP contribution in [0, 0.1) is 29.1 Å². The Morgan fingerprint density at radius 1 is 1.00 bits per heavy atom. The molecule has 2 aliphatic carbocycles. The van der Waals surface area contributed by atoms with Gasteiger partial charge in [0.1, 0.15) is 0 Å². The minimum absolute atomic E-state index is 0.0302. The quantitative estimate of drug-likeness (QED) is 0.437. The van der Waals surface area contributed by atoms with Crippen molar-refractivity contribution >= 4 is 23.9 Å². The molecule has 0 unspecified atom stereocenters. The molecule has 0 amide bonds. The van der Waals surface area contributed by atoms with Crippen LogP contribution in [0.4, 0.5) is 0 Å². The summed E-state index contributed by atoms with van der Waals surface area (Å²) >= 11 is 0. The third-order valence-electron chi connectivity index (χ3n) is 5.04. The molecule has 4 fully saturated rings. The van der Waals surface area contributed by atoms with Crippen LogP contribution >= 0.6 is 0 Å². The van der Waals surface area contributed by atoms with Crippen molar-refractivity contribution in [2.45, 2.75) is 19.3 Å². The maximum atomic E-state index is 11.9. The molecule has 4 rings (SSSR count). The summed E-state index contributed by atoms with van der Waals surface area (Å²) in [6.45, 7) is 0. The second kappa shape index (κ2) is 2.81. The molecule has 6 nitrogen and oxygen atoms in total. The number of carbonyl (C=O) groups excluding carboxylic acids is 4. The fraction of sp³-hybridized carbons (Fsp3) is 0.667. The Kier molecular flexibility index (Phi) is 1.60. The molecule has 2 saturated carbocycles. The molecular formula is C12H10O6. The van der Waals surface area contributed by atoms with E-state index >= 15 is 0 Å². The first-order chi connectivity index (χ1) is 8.53. The average molecular weight is 250 g/mol. The van der Waals surface area contributed by atoms with Gasteiger partial charge in [-0.25, -0.2) is 0 Å². The first kappa shape index (κ1) is 10.2. The highest BCUT2D eigenvalue weighted by Crippen LogP contribution is 2.66. The van der Waals surface area contributed by atoms with Gasteiger partial charge >= 0.3 is 23.9 Å². The van der Waals surface area contributed by atoms with Gasteiger partial charge in [-0.1, -0.05) is 0 Å². The van der Waals surface area contributed by atoms with Crippen molar-refractivity contribution in [2.75, 3.05) is 0 Å². The molecule has 2 heterocycles. The maximum absolute atomic E-state index is 11.9. The third-order valence-corrected chi connectivity index (χ3v) is 5.04. The van der Waals surface area contributed by atoms with Crippen LogP contribution in [0.15, 0.2) is 0 Å². The second-order valence-electron chi connectivity index (χ2n) is 5.69. The number of esters is 4. The fourth-order valence-electron chi connectivity index (χ4n) is 4.46. The van der Waals surface area contributed by atoms with E-state index in [2.05, 4.69) is 9.47 Å². The first-order valence-electron chi connectivity index (χ1n) is 6.03. The zero-order chi connectivity index (χ0) is 12.7. The molecule has 0 N–H and O–H groups in total. The van der Waals surface area contributed by atoms with E-state index in [9.17, 15) is 19.2 Å². The maximum Gasteiger partial charge on any atom is 0.320 e. The summed E-state index contributed by atoms with van der Waals surface area (Å²) in [6, 6.07) is 0. The molecule has 6 heteroatoms. The number of hydrogen-bond acceptors (Lipinski definition) is 6. The summed E-state index contributed by atoms with van der Waals surface area (Å²) in [7, 11) is 0. The molecule has 94 valence electrons. The normalized spacial score (nSPS) is 48.9. The van der Waals surface area contributed by atoms with E-state index in [4.69, 9.17) is 0 Å². The van der Waals surface area contributed by atoms with Gasteiger partial charge in [-0.05, 0) is 24.7 Å². The van der Waals surface area contributed by atoms with Crippen molar-refractivity contribution in [3.05, 3.63) is 0 Å². The van der Waals surface area contributed by atoms with Gasteiger partial charge in [-0.15, -0.1) is 0 Å². The van der Waals surface area contributed by atoms with E-state index in [1.807, 2.05) is 0 Å². The minimum Gasteiger partial charge on any atom is -0.393 e. The lowest BCUT2D eigenvalue weighted by Crippen LogP contribution is -2.41. The van der Waals surface area contributed by atoms with Crippen molar-refractivity contribution in [1.82, 2.24) is 0 Å². The molecular weight excluding hydrogens is 240 g/mol. The Bertz CT molecular complexity index is 523. The van der Waals surface area contributed by atoms with Gasteiger partial charge in [-0.2, -0.15) is 0 Å². The Morgan fingerprint density at radius 3 is 2.39 bits per heavy atom. The lowest BCUT2D eigenvalue weighted by atomic mass is 9.64. The summed E-state index contributed by atoms with van der Waals surface area (Å²) in [6.07, 6.45) is 1.14. The van der Waals surface area contributed by atoms with Gasteiger partial charge < -0.3 is 9.47 Å². The molecule has 0 radical (unpaired) electrons. The monoisotopic (exact) mass is 250 g/mol. The highest BCUT2D eigenvalue weighted by atomic mass is 16.6. The standard InChI is InChI=1S/C12H10O6/c13-6-3-12(11(16)17-6)2-4-1-5(12)8-7(4)9(14)18-10(8)15/h4-5,7-8H,1-3H2/t4-,5-,7-,8+,12+/m0/s1. The van der Waals surface area contributed by atoms with E-state index in [0.29, 0.717) is 12.8 Å². The van der Waals surface area contributed by atoms with E-state index in [-0.39, 0.29) is 18.3 Å². The molecule has 0 aromatic heterocycles. The molecule has 18 heavy (non-hydrogen) atoms. The van der Waals surface area contributed by atoms with Gasteiger partial charge in [0.15, 0.2) is 0 Å². The zero-order valence-electron chi connectivity index (χ0n) is 9.38. The smallest absolute Gasteiger partial charge is 0.320 e. The third kappa shape index (κ3) is 0.921. The molecule has 5 atom stereocenters. The average Bonchev–Trinajstić information content (AvgIpc) is 2.95. The van der Waals surface area contributed by atoms with Crippen LogP contribution in [0.3, 0.4) is 0 Å². The van der Waals surface area contributed by atoms with Crippen LogP contribution in [-0.4, -0.2) is 23.9 Å². The predicted octanol–water partition coefficient (Wildman–Crippen LogP) is -0.198. The number of carbonyl (C=O) groups is 4. The van der Waals surface area contributed by atoms with Gasteiger partial charge in [0, 0.05) is 0 Å². The Hall–Kier alpha value is -1.72. The van der Waals surface area contributed by atoms with E-state index in [0.717, 1.165) is 0 Å². The van der Waals surface area contributed by atoms with Crippen LogP contribution < -0.4 is 0 Å². The molecule has 1 spiro atoms. The van der Waals surface area contributed by atoms with Gasteiger partial charge in [0.2, 0.25) is 0 Å². The lowest BCUT2D eigenvalue weighted by Gasteiger charge is -2.32. The van der Waals surface area contributed by atoms with E-state index in [1.54, 1.807) is 0 Å². The topological polar surface area (TPSA) is 86.7 Å². The minimum atomic E-state index is -0.868. The highest BCUT2D eigenvalue weighted by molar-refractivity contribution is 6.02. The second-order valence-corrected chi connectivity index (χ2v) is 5.69. The van der Waals surface area contributed by atoms with Crippen LogP contribution in [0.5, 0.6) is 0 Å². The summed E-state index contributed by atoms with van der Waals surface area (Å²) in [5.41, 5.74) is -0.868. The van der Waals surface area contributed by atoms with Crippen molar-refractivity contribution in [1.29, 1.82) is 0 Å². The van der Waals surface area contributed by atoms with E-state index in [1.165, 1.54) is 0 Å². The molecule has 2 bridgehead atoms. The van der Waals surface area contributed by atoms with Crippen molar-refractivity contribution in [3.63, 3.8) is 0 Å². The number of cyclic esters (lactones) is 4. The largest absolute Gasteiger partial charge is 0.393 e. The Labute approximate surface area is 102 Å². The summed E-state index contributed by atoms with van der Waals surface area (Å²) in [5, 5.41) is 0.